The molecule has 1 aliphatic rings. The summed E-state index contributed by atoms with van der Waals surface area (Å²) >= 11 is 0. The topological polar surface area (TPSA) is 0 Å². The molecule has 1 aliphatic carbocycles. The zero-order chi connectivity index (χ0) is 17.8. The van der Waals surface area contributed by atoms with Gasteiger partial charge in [0.25, 0.3) is 0 Å². The molecule has 0 aliphatic heterocycles. The number of rotatable bonds is 4. The van der Waals surface area contributed by atoms with Crippen molar-refractivity contribution in [3.8, 4) is 11.1 Å². The second kappa shape index (κ2) is 7.91. The fourth-order valence-corrected chi connectivity index (χ4v) is 4.57. The summed E-state index contributed by atoms with van der Waals surface area (Å²) in [5.41, 5.74) is 8.83. The van der Waals surface area contributed by atoms with Crippen molar-refractivity contribution in [2.75, 3.05) is 0 Å². The Bertz CT molecular complexity index is 840. The van der Waals surface area contributed by atoms with E-state index >= 15 is 0 Å². The average Bonchev–Trinajstić information content (AvgIpc) is 2.71. The SMILES string of the molecule is Cc1c(Cc2ccccc2)ccc(-c2ccccc2)c1C1CCCCC1. The molecular formula is C26H28. The third-order valence-corrected chi connectivity index (χ3v) is 5.96. The predicted octanol–water partition coefficient (Wildman–Crippen LogP) is 7.30. The van der Waals surface area contributed by atoms with E-state index in [2.05, 4.69) is 79.7 Å². The predicted molar refractivity (Wildman–Crippen MR) is 112 cm³/mol. The van der Waals surface area contributed by atoms with E-state index in [4.69, 9.17) is 0 Å². The first-order valence-electron chi connectivity index (χ1n) is 10.0. The molecule has 0 unspecified atom stereocenters. The van der Waals surface area contributed by atoms with Gasteiger partial charge in [-0.15, -0.1) is 0 Å². The standard InChI is InChI=1S/C26H28/c1-20-24(19-21-11-5-2-6-12-21)17-18-25(22-13-7-3-8-14-22)26(20)23-15-9-4-10-16-23/h2-3,5-8,11-14,17-18,23H,4,9-10,15-16,19H2,1H3. The van der Waals surface area contributed by atoms with Crippen LogP contribution in [-0.4, -0.2) is 0 Å². The molecule has 0 atom stereocenters. The first-order chi connectivity index (χ1) is 12.8. The Morgan fingerprint density at radius 2 is 1.38 bits per heavy atom. The van der Waals surface area contributed by atoms with Gasteiger partial charge in [-0.1, -0.05) is 92.1 Å². The van der Waals surface area contributed by atoms with E-state index in [0.717, 1.165) is 12.3 Å². The summed E-state index contributed by atoms with van der Waals surface area (Å²) < 4.78 is 0. The van der Waals surface area contributed by atoms with Crippen LogP contribution in [0.2, 0.25) is 0 Å². The molecule has 132 valence electrons. The van der Waals surface area contributed by atoms with Crippen molar-refractivity contribution in [2.45, 2.75) is 51.4 Å². The molecule has 0 bridgehead atoms. The summed E-state index contributed by atoms with van der Waals surface area (Å²) in [5.74, 6) is 0.717. The zero-order valence-corrected chi connectivity index (χ0v) is 15.7. The van der Waals surface area contributed by atoms with Crippen LogP contribution in [0.4, 0.5) is 0 Å². The Hall–Kier alpha value is -2.34. The number of benzene rings is 3. The van der Waals surface area contributed by atoms with Crippen molar-refractivity contribution >= 4 is 0 Å². The summed E-state index contributed by atoms with van der Waals surface area (Å²) in [7, 11) is 0. The van der Waals surface area contributed by atoms with Gasteiger partial charge >= 0.3 is 0 Å². The molecule has 3 aromatic carbocycles. The van der Waals surface area contributed by atoms with E-state index in [0.29, 0.717) is 0 Å². The molecule has 26 heavy (non-hydrogen) atoms. The second-order valence-corrected chi connectivity index (χ2v) is 7.67. The van der Waals surface area contributed by atoms with E-state index < -0.39 is 0 Å². The smallest absolute Gasteiger partial charge is 0.00230 e. The molecule has 4 rings (SSSR count). The van der Waals surface area contributed by atoms with Crippen molar-refractivity contribution in [1.29, 1.82) is 0 Å². The van der Waals surface area contributed by atoms with Crippen molar-refractivity contribution in [3.05, 3.63) is 95.1 Å². The van der Waals surface area contributed by atoms with Crippen LogP contribution < -0.4 is 0 Å². The normalized spacial score (nSPS) is 15.1. The molecule has 0 nitrogen and oxygen atoms in total. The van der Waals surface area contributed by atoms with Gasteiger partial charge in [0.15, 0.2) is 0 Å². The molecule has 3 aromatic rings. The van der Waals surface area contributed by atoms with E-state index in [9.17, 15) is 0 Å². The fraction of sp³-hybridized carbons (Fsp3) is 0.308. The van der Waals surface area contributed by atoms with E-state index in [1.807, 2.05) is 0 Å². The van der Waals surface area contributed by atoms with Crippen molar-refractivity contribution in [2.24, 2.45) is 0 Å². The van der Waals surface area contributed by atoms with E-state index in [-0.39, 0.29) is 0 Å². The molecule has 0 heterocycles. The lowest BCUT2D eigenvalue weighted by Gasteiger charge is -2.28. The quantitative estimate of drug-likeness (QED) is 0.467. The van der Waals surface area contributed by atoms with Gasteiger partial charge in [-0.3, -0.25) is 0 Å². The molecule has 0 amide bonds. The lowest BCUT2D eigenvalue weighted by molar-refractivity contribution is 0.443. The molecule has 0 heteroatoms. The zero-order valence-electron chi connectivity index (χ0n) is 15.7. The van der Waals surface area contributed by atoms with Crippen LogP contribution in [0.1, 0.15) is 60.3 Å². The van der Waals surface area contributed by atoms with Crippen LogP contribution in [0.3, 0.4) is 0 Å². The lowest BCUT2D eigenvalue weighted by Crippen LogP contribution is -2.10. The summed E-state index contributed by atoms with van der Waals surface area (Å²) in [4.78, 5) is 0. The largest absolute Gasteiger partial charge is 0.0622 e. The summed E-state index contributed by atoms with van der Waals surface area (Å²) in [6.07, 6.45) is 7.87. The van der Waals surface area contributed by atoms with Gasteiger partial charge in [0.1, 0.15) is 0 Å². The van der Waals surface area contributed by atoms with Crippen LogP contribution in [-0.2, 0) is 6.42 Å². The molecule has 1 fully saturated rings. The average molecular weight is 341 g/mol. The molecule has 0 N–H and O–H groups in total. The Morgan fingerprint density at radius 1 is 0.731 bits per heavy atom. The highest BCUT2D eigenvalue weighted by molar-refractivity contribution is 5.70. The highest BCUT2D eigenvalue weighted by Gasteiger charge is 2.22. The molecule has 1 saturated carbocycles. The summed E-state index contributed by atoms with van der Waals surface area (Å²) in [6.45, 7) is 2.36. The van der Waals surface area contributed by atoms with Crippen LogP contribution in [0, 0.1) is 6.92 Å². The molecule has 0 radical (unpaired) electrons. The van der Waals surface area contributed by atoms with Crippen molar-refractivity contribution < 1.29 is 0 Å². The fourth-order valence-electron chi connectivity index (χ4n) is 4.57. The summed E-state index contributed by atoms with van der Waals surface area (Å²) in [5, 5.41) is 0. The lowest BCUT2D eigenvalue weighted by atomic mass is 9.77. The van der Waals surface area contributed by atoms with Gasteiger partial charge in [-0.05, 0) is 65.5 Å². The Morgan fingerprint density at radius 3 is 2.08 bits per heavy atom. The maximum Gasteiger partial charge on any atom is -0.00230 e. The maximum atomic E-state index is 2.38. The van der Waals surface area contributed by atoms with Gasteiger partial charge in [-0.25, -0.2) is 0 Å². The molecular weight excluding hydrogens is 312 g/mol. The van der Waals surface area contributed by atoms with Gasteiger partial charge in [0.05, 0.1) is 0 Å². The minimum absolute atomic E-state index is 0.717. The van der Waals surface area contributed by atoms with Gasteiger partial charge in [0, 0.05) is 0 Å². The highest BCUT2D eigenvalue weighted by atomic mass is 14.3. The first-order valence-corrected chi connectivity index (χ1v) is 10.0. The van der Waals surface area contributed by atoms with Crippen molar-refractivity contribution in [1.82, 2.24) is 0 Å². The van der Waals surface area contributed by atoms with Crippen LogP contribution >= 0.6 is 0 Å². The second-order valence-electron chi connectivity index (χ2n) is 7.67. The highest BCUT2D eigenvalue weighted by Crippen LogP contribution is 2.41. The number of hydrogen-bond donors (Lipinski definition) is 0. The Balaban J connectivity index is 1.78. The monoisotopic (exact) mass is 340 g/mol. The van der Waals surface area contributed by atoms with Gasteiger partial charge in [-0.2, -0.15) is 0 Å². The van der Waals surface area contributed by atoms with Gasteiger partial charge in [0.2, 0.25) is 0 Å². The van der Waals surface area contributed by atoms with Crippen LogP contribution in [0.5, 0.6) is 0 Å². The molecule has 0 spiro atoms. The third-order valence-electron chi connectivity index (χ3n) is 5.96. The first kappa shape index (κ1) is 17.1. The van der Waals surface area contributed by atoms with Crippen LogP contribution in [0.15, 0.2) is 72.8 Å². The third kappa shape index (κ3) is 3.60. The Kier molecular flexibility index (Phi) is 5.20. The maximum absolute atomic E-state index is 2.38. The molecule has 0 aromatic heterocycles. The van der Waals surface area contributed by atoms with Crippen molar-refractivity contribution in [3.63, 3.8) is 0 Å². The van der Waals surface area contributed by atoms with Gasteiger partial charge < -0.3 is 0 Å². The molecule has 0 saturated heterocycles. The minimum atomic E-state index is 0.717. The van der Waals surface area contributed by atoms with E-state index in [1.165, 1.54) is 59.9 Å². The van der Waals surface area contributed by atoms with E-state index in [1.54, 1.807) is 5.56 Å². The number of hydrogen-bond acceptors (Lipinski definition) is 0. The van der Waals surface area contributed by atoms with Crippen LogP contribution in [0.25, 0.3) is 11.1 Å². The Labute approximate surface area is 157 Å². The minimum Gasteiger partial charge on any atom is -0.0622 e. The summed E-state index contributed by atoms with van der Waals surface area (Å²) in [6, 6.07) is 26.6.